The molecule has 0 aliphatic rings. The number of aliphatic hydroxyl groups is 1. The lowest BCUT2D eigenvalue weighted by Gasteiger charge is -2.30. The molecule has 0 saturated heterocycles. The molecule has 0 amide bonds. The molecule has 106 valence electrons. The van der Waals surface area contributed by atoms with E-state index in [1.807, 2.05) is 42.2 Å². The first-order chi connectivity index (χ1) is 9.61. The van der Waals surface area contributed by atoms with E-state index in [9.17, 15) is 9.50 Å². The van der Waals surface area contributed by atoms with E-state index in [4.69, 9.17) is 11.6 Å². The number of hydrogen-bond acceptors (Lipinski definition) is 2. The number of rotatable bonds is 5. The van der Waals surface area contributed by atoms with Crippen molar-refractivity contribution >= 4 is 17.3 Å². The number of benzene rings is 2. The quantitative estimate of drug-likeness (QED) is 0.905. The van der Waals surface area contributed by atoms with Gasteiger partial charge in [-0.15, -0.1) is 0 Å². The summed E-state index contributed by atoms with van der Waals surface area (Å²) >= 11 is 5.84. The molecule has 0 aliphatic carbocycles. The van der Waals surface area contributed by atoms with Crippen molar-refractivity contribution in [2.45, 2.75) is 19.5 Å². The molecule has 0 fully saturated rings. The summed E-state index contributed by atoms with van der Waals surface area (Å²) in [6.07, 6.45) is 0. The van der Waals surface area contributed by atoms with Crippen molar-refractivity contribution in [1.82, 2.24) is 0 Å². The maximum Gasteiger partial charge on any atom is 0.141 e. The third-order valence-corrected chi connectivity index (χ3v) is 3.52. The van der Waals surface area contributed by atoms with Crippen molar-refractivity contribution in [2.24, 2.45) is 0 Å². The number of hydrogen-bond donors (Lipinski definition) is 1. The maximum atomic E-state index is 13.3. The Hall–Kier alpha value is -1.58. The van der Waals surface area contributed by atoms with E-state index >= 15 is 0 Å². The van der Waals surface area contributed by atoms with Gasteiger partial charge in [0.05, 0.1) is 11.6 Å². The van der Waals surface area contributed by atoms with Gasteiger partial charge in [0.15, 0.2) is 0 Å². The Morgan fingerprint density at radius 2 is 1.90 bits per heavy atom. The minimum absolute atomic E-state index is 0.0157. The van der Waals surface area contributed by atoms with Crippen LogP contribution in [0.15, 0.2) is 48.5 Å². The Kier molecular flexibility index (Phi) is 4.99. The molecule has 0 bridgehead atoms. The normalized spacial score (nSPS) is 12.2. The predicted molar refractivity (Wildman–Crippen MR) is 80.6 cm³/mol. The van der Waals surface area contributed by atoms with Crippen LogP contribution in [-0.4, -0.2) is 17.8 Å². The standard InChI is InChI=1S/C16H17ClFNO/c1-12(11-20)19(10-13-5-3-2-4-6-13)14-7-8-16(18)15(17)9-14/h2-9,12,20H,10-11H2,1H3/t12-/m1/s1. The second-order valence-electron chi connectivity index (χ2n) is 4.74. The lowest BCUT2D eigenvalue weighted by molar-refractivity contribution is 0.266. The van der Waals surface area contributed by atoms with E-state index in [0.29, 0.717) is 6.54 Å². The minimum atomic E-state index is -0.438. The predicted octanol–water partition coefficient (Wildman–Crippen LogP) is 3.87. The van der Waals surface area contributed by atoms with Gasteiger partial charge in [0.2, 0.25) is 0 Å². The minimum Gasteiger partial charge on any atom is -0.394 e. The van der Waals surface area contributed by atoms with Crippen LogP contribution in [0.2, 0.25) is 5.02 Å². The number of anilines is 1. The van der Waals surface area contributed by atoms with Crippen molar-refractivity contribution in [3.63, 3.8) is 0 Å². The first-order valence-electron chi connectivity index (χ1n) is 6.48. The van der Waals surface area contributed by atoms with Gasteiger partial charge in [0, 0.05) is 18.3 Å². The maximum absolute atomic E-state index is 13.3. The molecular weight excluding hydrogens is 277 g/mol. The third-order valence-electron chi connectivity index (χ3n) is 3.23. The molecule has 20 heavy (non-hydrogen) atoms. The van der Waals surface area contributed by atoms with Crippen LogP contribution in [0.25, 0.3) is 0 Å². The van der Waals surface area contributed by atoms with E-state index in [0.717, 1.165) is 11.3 Å². The highest BCUT2D eigenvalue weighted by Crippen LogP contribution is 2.25. The summed E-state index contributed by atoms with van der Waals surface area (Å²) in [7, 11) is 0. The molecule has 2 aromatic rings. The van der Waals surface area contributed by atoms with Crippen LogP contribution in [0.5, 0.6) is 0 Å². The molecule has 0 unspecified atom stereocenters. The molecule has 0 saturated carbocycles. The van der Waals surface area contributed by atoms with Gasteiger partial charge < -0.3 is 10.0 Å². The van der Waals surface area contributed by atoms with Gasteiger partial charge >= 0.3 is 0 Å². The highest BCUT2D eigenvalue weighted by atomic mass is 35.5. The molecule has 0 spiro atoms. The zero-order chi connectivity index (χ0) is 14.5. The summed E-state index contributed by atoms with van der Waals surface area (Å²) in [6.45, 7) is 2.56. The van der Waals surface area contributed by atoms with Gasteiger partial charge in [-0.3, -0.25) is 0 Å². The van der Waals surface area contributed by atoms with Crippen LogP contribution in [0.1, 0.15) is 12.5 Å². The monoisotopic (exact) mass is 293 g/mol. The van der Waals surface area contributed by atoms with Gasteiger partial charge in [-0.2, -0.15) is 0 Å². The molecule has 1 N–H and O–H groups in total. The molecule has 2 nitrogen and oxygen atoms in total. The van der Waals surface area contributed by atoms with E-state index in [1.54, 1.807) is 12.1 Å². The smallest absolute Gasteiger partial charge is 0.141 e. The van der Waals surface area contributed by atoms with Gasteiger partial charge in [-0.05, 0) is 30.7 Å². The molecule has 0 aliphatic heterocycles. The topological polar surface area (TPSA) is 23.5 Å². The summed E-state index contributed by atoms with van der Waals surface area (Å²) in [5.74, 6) is -0.438. The van der Waals surface area contributed by atoms with Gasteiger partial charge in [-0.1, -0.05) is 41.9 Å². The van der Waals surface area contributed by atoms with E-state index in [1.165, 1.54) is 6.07 Å². The van der Waals surface area contributed by atoms with Crippen molar-refractivity contribution in [1.29, 1.82) is 0 Å². The Morgan fingerprint density at radius 1 is 1.20 bits per heavy atom. The molecule has 2 rings (SSSR count). The zero-order valence-electron chi connectivity index (χ0n) is 11.3. The zero-order valence-corrected chi connectivity index (χ0v) is 12.0. The summed E-state index contributed by atoms with van der Waals surface area (Å²) in [5.41, 5.74) is 1.91. The fourth-order valence-corrected chi connectivity index (χ4v) is 2.22. The summed E-state index contributed by atoms with van der Waals surface area (Å²) in [4.78, 5) is 2.00. The molecule has 2 aromatic carbocycles. The second-order valence-corrected chi connectivity index (χ2v) is 5.15. The van der Waals surface area contributed by atoms with Crippen molar-refractivity contribution < 1.29 is 9.50 Å². The lowest BCUT2D eigenvalue weighted by Crippen LogP contribution is -2.35. The van der Waals surface area contributed by atoms with Gasteiger partial charge in [0.25, 0.3) is 0 Å². The SMILES string of the molecule is C[C@H](CO)N(Cc1ccccc1)c1ccc(F)c(Cl)c1. The molecular formula is C16H17ClFNO. The summed E-state index contributed by atoms with van der Waals surface area (Å²) < 4.78 is 13.3. The Balaban J connectivity index is 2.29. The second kappa shape index (κ2) is 6.73. The van der Waals surface area contributed by atoms with Crippen molar-refractivity contribution in [3.05, 3.63) is 64.9 Å². The van der Waals surface area contributed by atoms with E-state index in [-0.39, 0.29) is 17.7 Å². The largest absolute Gasteiger partial charge is 0.394 e. The van der Waals surface area contributed by atoms with Crippen LogP contribution >= 0.6 is 11.6 Å². The Bertz CT molecular complexity index is 562. The average molecular weight is 294 g/mol. The van der Waals surface area contributed by atoms with Crippen molar-refractivity contribution in [3.8, 4) is 0 Å². The fraction of sp³-hybridized carbons (Fsp3) is 0.250. The Labute approximate surface area is 123 Å². The van der Waals surface area contributed by atoms with Gasteiger partial charge in [-0.25, -0.2) is 4.39 Å². The van der Waals surface area contributed by atoms with Crippen LogP contribution in [-0.2, 0) is 6.54 Å². The number of halogens is 2. The van der Waals surface area contributed by atoms with E-state index < -0.39 is 5.82 Å². The van der Waals surface area contributed by atoms with Crippen LogP contribution in [0.4, 0.5) is 10.1 Å². The summed E-state index contributed by atoms with van der Waals surface area (Å²) in [5, 5.41) is 9.51. The van der Waals surface area contributed by atoms with Crippen LogP contribution in [0, 0.1) is 5.82 Å². The first kappa shape index (κ1) is 14.8. The highest BCUT2D eigenvalue weighted by Gasteiger charge is 2.15. The molecule has 1 atom stereocenters. The molecule has 0 heterocycles. The average Bonchev–Trinajstić information content (AvgIpc) is 2.48. The highest BCUT2D eigenvalue weighted by molar-refractivity contribution is 6.31. The van der Waals surface area contributed by atoms with E-state index in [2.05, 4.69) is 0 Å². The number of nitrogens with zero attached hydrogens (tertiary/aromatic N) is 1. The Morgan fingerprint density at radius 3 is 2.50 bits per heavy atom. The third kappa shape index (κ3) is 3.50. The molecule has 4 heteroatoms. The van der Waals surface area contributed by atoms with Gasteiger partial charge in [0.1, 0.15) is 5.82 Å². The molecule has 0 radical (unpaired) electrons. The summed E-state index contributed by atoms with van der Waals surface area (Å²) in [6, 6.07) is 14.4. The molecule has 0 aromatic heterocycles. The van der Waals surface area contributed by atoms with Crippen LogP contribution in [0.3, 0.4) is 0 Å². The number of aliphatic hydroxyl groups excluding tert-OH is 1. The van der Waals surface area contributed by atoms with Crippen LogP contribution < -0.4 is 4.90 Å². The first-order valence-corrected chi connectivity index (χ1v) is 6.86. The fourth-order valence-electron chi connectivity index (χ4n) is 2.04. The van der Waals surface area contributed by atoms with Crippen molar-refractivity contribution in [2.75, 3.05) is 11.5 Å². The lowest BCUT2D eigenvalue weighted by atomic mass is 10.1.